The molecule has 0 aromatic heterocycles. The van der Waals surface area contributed by atoms with Gasteiger partial charge < -0.3 is 5.11 Å². The summed E-state index contributed by atoms with van der Waals surface area (Å²) in [6, 6.07) is 6.57. The fraction of sp³-hybridized carbons (Fsp3) is 0.455. The molecule has 0 atom stereocenters. The van der Waals surface area contributed by atoms with Gasteiger partial charge in [0.25, 0.3) is 0 Å². The molecule has 0 radical (unpaired) electrons. The normalized spacial score (nSPS) is 11.6. The molecule has 0 saturated heterocycles. The van der Waals surface area contributed by atoms with Gasteiger partial charge in [0.05, 0.1) is 4.90 Å². The highest BCUT2D eigenvalue weighted by molar-refractivity contribution is 7.98. The average Bonchev–Trinajstić information content (AvgIpc) is 2.30. The Morgan fingerprint density at radius 1 is 1.29 bits per heavy atom. The highest BCUT2D eigenvalue weighted by Crippen LogP contribution is 2.10. The molecule has 2 N–H and O–H groups in total. The van der Waals surface area contributed by atoms with E-state index in [4.69, 9.17) is 5.11 Å². The van der Waals surface area contributed by atoms with Crippen molar-refractivity contribution in [2.24, 2.45) is 0 Å². The molecule has 1 rings (SSSR count). The van der Waals surface area contributed by atoms with Crippen LogP contribution in [0.1, 0.15) is 5.56 Å². The lowest BCUT2D eigenvalue weighted by atomic mass is 10.2. The number of hydrogen-bond acceptors (Lipinski definition) is 4. The van der Waals surface area contributed by atoms with Crippen LogP contribution in [-0.4, -0.2) is 38.7 Å². The van der Waals surface area contributed by atoms with Crippen molar-refractivity contribution in [1.29, 1.82) is 0 Å². The Morgan fingerprint density at radius 3 is 2.47 bits per heavy atom. The quantitative estimate of drug-likeness (QED) is 0.724. The maximum Gasteiger partial charge on any atom is 0.240 e. The molecule has 0 aliphatic heterocycles. The van der Waals surface area contributed by atoms with Crippen molar-refractivity contribution >= 4 is 21.8 Å². The van der Waals surface area contributed by atoms with Gasteiger partial charge in [0, 0.05) is 18.9 Å². The van der Waals surface area contributed by atoms with Crippen molar-refractivity contribution in [2.75, 3.05) is 25.2 Å². The molecule has 0 unspecified atom stereocenters. The minimum atomic E-state index is -3.39. The second-order valence-corrected chi connectivity index (χ2v) is 6.26. The van der Waals surface area contributed by atoms with Crippen molar-refractivity contribution in [1.82, 2.24) is 4.72 Å². The van der Waals surface area contributed by atoms with Gasteiger partial charge in [-0.3, -0.25) is 0 Å². The third-order valence-electron chi connectivity index (χ3n) is 2.23. The first-order valence-electron chi connectivity index (χ1n) is 5.28. The monoisotopic (exact) mass is 275 g/mol. The number of nitrogens with one attached hydrogen (secondary N) is 1. The van der Waals surface area contributed by atoms with Gasteiger partial charge in [0.2, 0.25) is 10.0 Å². The number of aliphatic hydroxyl groups excluding tert-OH is 1. The number of thioether (sulfide) groups is 1. The minimum absolute atomic E-state index is 0.0675. The van der Waals surface area contributed by atoms with E-state index >= 15 is 0 Å². The molecule has 0 heterocycles. The number of aliphatic hydroxyl groups is 1. The number of rotatable bonds is 7. The van der Waals surface area contributed by atoms with Gasteiger partial charge in [-0.15, -0.1) is 0 Å². The Hall–Kier alpha value is -0.560. The zero-order valence-electron chi connectivity index (χ0n) is 9.72. The molecule has 0 bridgehead atoms. The average molecular weight is 275 g/mol. The van der Waals surface area contributed by atoms with E-state index in [0.29, 0.717) is 13.0 Å². The maximum absolute atomic E-state index is 11.8. The minimum Gasteiger partial charge on any atom is -0.396 e. The second kappa shape index (κ2) is 7.00. The summed E-state index contributed by atoms with van der Waals surface area (Å²) in [5.74, 6) is 0.752. The predicted octanol–water partition coefficient (Wildman–Crippen LogP) is 0.863. The fourth-order valence-corrected chi connectivity index (χ4v) is 2.79. The van der Waals surface area contributed by atoms with Crippen LogP contribution in [0.4, 0.5) is 0 Å². The maximum atomic E-state index is 11.8. The van der Waals surface area contributed by atoms with E-state index in [1.165, 1.54) is 0 Å². The lowest BCUT2D eigenvalue weighted by Gasteiger charge is -2.06. The van der Waals surface area contributed by atoms with Gasteiger partial charge >= 0.3 is 0 Å². The molecule has 0 amide bonds. The molecule has 0 saturated carbocycles. The Balaban J connectivity index is 2.71. The lowest BCUT2D eigenvalue weighted by Crippen LogP contribution is -2.25. The number of benzene rings is 1. The molecule has 4 nitrogen and oxygen atoms in total. The first-order valence-corrected chi connectivity index (χ1v) is 8.16. The Morgan fingerprint density at radius 2 is 1.94 bits per heavy atom. The molecule has 1 aromatic carbocycles. The highest BCUT2D eigenvalue weighted by atomic mass is 32.2. The van der Waals surface area contributed by atoms with Gasteiger partial charge in [-0.1, -0.05) is 12.1 Å². The summed E-state index contributed by atoms with van der Waals surface area (Å²) < 4.78 is 26.1. The van der Waals surface area contributed by atoms with Crippen LogP contribution in [0.15, 0.2) is 29.2 Å². The zero-order chi connectivity index (χ0) is 12.7. The summed E-state index contributed by atoms with van der Waals surface area (Å²) in [6.45, 7) is 0.500. The van der Waals surface area contributed by atoms with Crippen LogP contribution in [0.2, 0.25) is 0 Å². The summed E-state index contributed by atoms with van der Waals surface area (Å²) in [7, 11) is -3.39. The van der Waals surface area contributed by atoms with Crippen molar-refractivity contribution in [3.63, 3.8) is 0 Å². The summed E-state index contributed by atoms with van der Waals surface area (Å²) in [6.07, 6.45) is 2.47. The molecule has 6 heteroatoms. The molecule has 0 spiro atoms. The van der Waals surface area contributed by atoms with E-state index < -0.39 is 10.0 Å². The Kier molecular flexibility index (Phi) is 5.97. The molecule has 17 heavy (non-hydrogen) atoms. The molecule has 1 aromatic rings. The molecule has 0 fully saturated rings. The molecule has 0 aliphatic rings. The van der Waals surface area contributed by atoms with Crippen LogP contribution in [0, 0.1) is 0 Å². The smallest absolute Gasteiger partial charge is 0.240 e. The van der Waals surface area contributed by atoms with Crippen LogP contribution in [0.3, 0.4) is 0 Å². The van der Waals surface area contributed by atoms with Crippen LogP contribution in [0.5, 0.6) is 0 Å². The second-order valence-electron chi connectivity index (χ2n) is 3.51. The summed E-state index contributed by atoms with van der Waals surface area (Å²) >= 11 is 1.59. The number of sulfonamides is 1. The predicted molar refractivity (Wildman–Crippen MR) is 70.8 cm³/mol. The van der Waals surface area contributed by atoms with Crippen LogP contribution >= 0.6 is 11.8 Å². The largest absolute Gasteiger partial charge is 0.396 e. The van der Waals surface area contributed by atoms with Gasteiger partial charge in [0.1, 0.15) is 0 Å². The van der Waals surface area contributed by atoms with Crippen LogP contribution in [-0.2, 0) is 16.4 Å². The van der Waals surface area contributed by atoms with E-state index in [2.05, 4.69) is 4.72 Å². The lowest BCUT2D eigenvalue weighted by molar-refractivity contribution is 0.299. The van der Waals surface area contributed by atoms with Gasteiger partial charge in [0.15, 0.2) is 0 Å². The van der Waals surface area contributed by atoms with Gasteiger partial charge in [-0.05, 0) is 30.4 Å². The van der Waals surface area contributed by atoms with E-state index in [9.17, 15) is 8.42 Å². The van der Waals surface area contributed by atoms with E-state index in [1.807, 2.05) is 6.26 Å². The van der Waals surface area contributed by atoms with E-state index in [0.717, 1.165) is 11.3 Å². The third kappa shape index (κ3) is 4.67. The Labute approximate surface area is 106 Å². The van der Waals surface area contributed by atoms with Crippen LogP contribution in [0.25, 0.3) is 0 Å². The van der Waals surface area contributed by atoms with E-state index in [-0.39, 0.29) is 11.5 Å². The summed E-state index contributed by atoms with van der Waals surface area (Å²) in [5.41, 5.74) is 0.926. The standard InChI is InChI=1S/C11H17NO3S2/c1-16-9-7-12-17(14,15)11-4-2-10(3-5-11)6-8-13/h2-5,12-13H,6-9H2,1H3. The first kappa shape index (κ1) is 14.5. The number of hydrogen-bond donors (Lipinski definition) is 2. The van der Waals surface area contributed by atoms with Gasteiger partial charge in [-0.2, -0.15) is 11.8 Å². The van der Waals surface area contributed by atoms with Crippen molar-refractivity contribution in [2.45, 2.75) is 11.3 Å². The fourth-order valence-electron chi connectivity index (χ4n) is 1.33. The summed E-state index contributed by atoms with van der Waals surface area (Å²) in [4.78, 5) is 0.264. The topological polar surface area (TPSA) is 66.4 Å². The van der Waals surface area contributed by atoms with Crippen molar-refractivity contribution in [3.05, 3.63) is 29.8 Å². The first-order chi connectivity index (χ1) is 8.10. The van der Waals surface area contributed by atoms with Gasteiger partial charge in [-0.25, -0.2) is 13.1 Å². The van der Waals surface area contributed by atoms with Crippen molar-refractivity contribution < 1.29 is 13.5 Å². The molecule has 96 valence electrons. The van der Waals surface area contributed by atoms with Crippen LogP contribution < -0.4 is 4.72 Å². The third-order valence-corrected chi connectivity index (χ3v) is 4.32. The van der Waals surface area contributed by atoms with E-state index in [1.54, 1.807) is 36.0 Å². The molecular formula is C11H17NO3S2. The summed E-state index contributed by atoms with van der Waals surface area (Å²) in [5, 5.41) is 8.76. The van der Waals surface area contributed by atoms with Crippen molar-refractivity contribution in [3.8, 4) is 0 Å². The highest BCUT2D eigenvalue weighted by Gasteiger charge is 2.12. The Bertz CT molecular complexity index is 429. The molecular weight excluding hydrogens is 258 g/mol. The zero-order valence-corrected chi connectivity index (χ0v) is 11.4. The molecule has 0 aliphatic carbocycles. The SMILES string of the molecule is CSCCNS(=O)(=O)c1ccc(CCO)cc1.